The van der Waals surface area contributed by atoms with Crippen molar-refractivity contribution in [1.82, 2.24) is 9.88 Å². The van der Waals surface area contributed by atoms with Gasteiger partial charge in [-0.25, -0.2) is 0 Å². The molecule has 1 aromatic carbocycles. The Morgan fingerprint density at radius 3 is 3.11 bits per heavy atom. The number of aromatic nitrogens is 1. The van der Waals surface area contributed by atoms with Crippen molar-refractivity contribution in [2.24, 2.45) is 5.73 Å². The van der Waals surface area contributed by atoms with Crippen molar-refractivity contribution in [3.8, 4) is 0 Å². The Morgan fingerprint density at radius 1 is 1.42 bits per heavy atom. The summed E-state index contributed by atoms with van der Waals surface area (Å²) in [6.07, 6.45) is 1.96. The van der Waals surface area contributed by atoms with Crippen LogP contribution in [0.4, 0.5) is 0 Å². The highest BCUT2D eigenvalue weighted by Gasteiger charge is 2.28. The van der Waals surface area contributed by atoms with Gasteiger partial charge in [-0.15, -0.1) is 0 Å². The zero-order valence-corrected chi connectivity index (χ0v) is 10.6. The molecular weight excluding hydrogens is 242 g/mol. The molecule has 2 heterocycles. The Balaban J connectivity index is 1.88. The van der Waals surface area contributed by atoms with Crippen LogP contribution in [0.3, 0.4) is 0 Å². The summed E-state index contributed by atoms with van der Waals surface area (Å²) in [4.78, 5) is 17.0. The number of carbonyl (C=O) groups excluding carboxylic acids is 1. The number of nitrogens with zero attached hydrogens (tertiary/aromatic N) is 1. The minimum atomic E-state index is -0.0325. The molecule has 19 heavy (non-hydrogen) atoms. The van der Waals surface area contributed by atoms with E-state index in [1.165, 1.54) is 0 Å². The van der Waals surface area contributed by atoms with Gasteiger partial charge in [0, 0.05) is 30.2 Å². The number of ether oxygens (including phenoxy) is 1. The van der Waals surface area contributed by atoms with Gasteiger partial charge in [0.25, 0.3) is 0 Å². The van der Waals surface area contributed by atoms with Gasteiger partial charge in [-0.05, 0) is 11.6 Å². The fraction of sp³-hybridized carbons (Fsp3) is 0.357. The summed E-state index contributed by atoms with van der Waals surface area (Å²) in [5, 5.41) is 1.15. The van der Waals surface area contributed by atoms with Crippen LogP contribution in [0.15, 0.2) is 30.5 Å². The van der Waals surface area contributed by atoms with Crippen molar-refractivity contribution in [3.05, 3.63) is 36.0 Å². The summed E-state index contributed by atoms with van der Waals surface area (Å²) >= 11 is 0. The number of hydrogen-bond acceptors (Lipinski definition) is 3. The van der Waals surface area contributed by atoms with Crippen LogP contribution in [0, 0.1) is 0 Å². The number of carbonyl (C=O) groups is 1. The van der Waals surface area contributed by atoms with Crippen LogP contribution in [-0.2, 0) is 16.1 Å². The molecule has 0 bridgehead atoms. The van der Waals surface area contributed by atoms with Gasteiger partial charge in [0.15, 0.2) is 0 Å². The van der Waals surface area contributed by atoms with E-state index in [-0.39, 0.29) is 18.6 Å². The molecular formula is C14H17N3O2. The molecule has 0 radical (unpaired) electrons. The van der Waals surface area contributed by atoms with Gasteiger partial charge in [0.2, 0.25) is 5.91 Å². The highest BCUT2D eigenvalue weighted by molar-refractivity contribution is 5.84. The number of nitrogens with one attached hydrogen (secondary N) is 1. The van der Waals surface area contributed by atoms with Crippen molar-refractivity contribution >= 4 is 16.8 Å². The van der Waals surface area contributed by atoms with Gasteiger partial charge in [-0.3, -0.25) is 4.79 Å². The lowest BCUT2D eigenvalue weighted by Crippen LogP contribution is -2.52. The molecule has 3 rings (SSSR count). The number of para-hydroxylation sites is 1. The molecule has 5 heteroatoms. The van der Waals surface area contributed by atoms with Crippen LogP contribution in [0.1, 0.15) is 5.56 Å². The smallest absolute Gasteiger partial charge is 0.249 e. The minimum Gasteiger partial charge on any atom is -0.369 e. The number of rotatable bonds is 3. The maximum atomic E-state index is 12.0. The lowest BCUT2D eigenvalue weighted by atomic mass is 10.1. The van der Waals surface area contributed by atoms with Gasteiger partial charge >= 0.3 is 0 Å². The first-order valence-electron chi connectivity index (χ1n) is 6.42. The summed E-state index contributed by atoms with van der Waals surface area (Å²) in [5.74, 6) is 0.00646. The highest BCUT2D eigenvalue weighted by atomic mass is 16.5. The Kier molecular flexibility index (Phi) is 3.23. The normalized spacial score (nSPS) is 20.2. The van der Waals surface area contributed by atoms with Gasteiger partial charge in [0.05, 0.1) is 12.6 Å². The zero-order chi connectivity index (χ0) is 13.2. The Hall–Kier alpha value is -1.85. The molecule has 5 nitrogen and oxygen atoms in total. The maximum Gasteiger partial charge on any atom is 0.249 e. The topological polar surface area (TPSA) is 71.3 Å². The van der Waals surface area contributed by atoms with Gasteiger partial charge in [-0.2, -0.15) is 0 Å². The van der Waals surface area contributed by atoms with E-state index in [0.29, 0.717) is 19.7 Å². The van der Waals surface area contributed by atoms with E-state index in [9.17, 15) is 4.79 Å². The SMILES string of the molecule is NCC1COCC(=O)N1Cc1c[nH]c2ccccc12. The van der Waals surface area contributed by atoms with E-state index in [1.807, 2.05) is 29.3 Å². The van der Waals surface area contributed by atoms with Gasteiger partial charge in [-0.1, -0.05) is 18.2 Å². The number of nitrogens with two attached hydrogens (primary N) is 1. The molecule has 3 N–H and O–H groups in total. The summed E-state index contributed by atoms with van der Waals surface area (Å²) in [6.45, 7) is 1.67. The first-order valence-corrected chi connectivity index (χ1v) is 6.42. The van der Waals surface area contributed by atoms with E-state index in [4.69, 9.17) is 10.5 Å². The van der Waals surface area contributed by atoms with Crippen molar-refractivity contribution in [2.75, 3.05) is 19.8 Å². The number of H-pyrrole nitrogens is 1. The van der Waals surface area contributed by atoms with E-state index < -0.39 is 0 Å². The fourth-order valence-corrected chi connectivity index (χ4v) is 2.52. The molecule has 100 valence electrons. The van der Waals surface area contributed by atoms with Crippen LogP contribution in [0.2, 0.25) is 0 Å². The third-order valence-corrected chi connectivity index (χ3v) is 3.58. The Bertz CT molecular complexity index is 593. The Labute approximate surface area is 111 Å². The molecule has 2 aromatic rings. The second-order valence-corrected chi connectivity index (χ2v) is 4.79. The van der Waals surface area contributed by atoms with Crippen molar-refractivity contribution in [3.63, 3.8) is 0 Å². The molecule has 0 aliphatic carbocycles. The summed E-state index contributed by atoms with van der Waals surface area (Å²) in [7, 11) is 0. The molecule has 1 atom stereocenters. The van der Waals surface area contributed by atoms with E-state index in [2.05, 4.69) is 11.1 Å². The summed E-state index contributed by atoms with van der Waals surface area (Å²) in [6, 6.07) is 8.05. The molecule has 0 spiro atoms. The van der Waals surface area contributed by atoms with Gasteiger partial charge in [0.1, 0.15) is 6.61 Å². The first-order chi connectivity index (χ1) is 9.29. The molecule has 1 saturated heterocycles. The van der Waals surface area contributed by atoms with E-state index in [0.717, 1.165) is 16.5 Å². The predicted molar refractivity (Wildman–Crippen MR) is 72.5 cm³/mol. The lowest BCUT2D eigenvalue weighted by Gasteiger charge is -2.34. The standard InChI is InChI=1S/C14H17N3O2/c15-5-11-8-19-9-14(18)17(11)7-10-6-16-13-4-2-1-3-12(10)13/h1-4,6,11,16H,5,7-9,15H2. The number of aromatic amines is 1. The molecule has 1 aromatic heterocycles. The number of morpholine rings is 1. The number of amides is 1. The molecule has 1 aliphatic rings. The van der Waals surface area contributed by atoms with Crippen molar-refractivity contribution in [1.29, 1.82) is 0 Å². The van der Waals surface area contributed by atoms with Crippen LogP contribution >= 0.6 is 0 Å². The molecule has 1 amide bonds. The quantitative estimate of drug-likeness (QED) is 0.858. The molecule has 1 fully saturated rings. The first kappa shape index (κ1) is 12.2. The number of hydrogen-bond donors (Lipinski definition) is 2. The van der Waals surface area contributed by atoms with Gasteiger partial charge < -0.3 is 20.4 Å². The molecule has 1 aliphatic heterocycles. The minimum absolute atomic E-state index is 0.00646. The van der Waals surface area contributed by atoms with Crippen LogP contribution in [0.25, 0.3) is 10.9 Å². The van der Waals surface area contributed by atoms with Crippen LogP contribution in [-0.4, -0.2) is 41.6 Å². The zero-order valence-electron chi connectivity index (χ0n) is 10.6. The second kappa shape index (κ2) is 5.03. The molecule has 1 unspecified atom stereocenters. The Morgan fingerprint density at radius 2 is 2.26 bits per heavy atom. The number of benzene rings is 1. The largest absolute Gasteiger partial charge is 0.369 e. The van der Waals surface area contributed by atoms with Crippen molar-refractivity contribution < 1.29 is 9.53 Å². The average molecular weight is 259 g/mol. The summed E-state index contributed by atoms with van der Waals surface area (Å²) in [5.41, 5.74) is 7.92. The van der Waals surface area contributed by atoms with Crippen molar-refractivity contribution in [2.45, 2.75) is 12.6 Å². The predicted octanol–water partition coefficient (Wildman–Crippen LogP) is 0.854. The maximum absolute atomic E-state index is 12.0. The second-order valence-electron chi connectivity index (χ2n) is 4.79. The molecule has 0 saturated carbocycles. The fourth-order valence-electron chi connectivity index (χ4n) is 2.52. The highest BCUT2D eigenvalue weighted by Crippen LogP contribution is 2.21. The van der Waals surface area contributed by atoms with E-state index in [1.54, 1.807) is 0 Å². The van der Waals surface area contributed by atoms with E-state index >= 15 is 0 Å². The number of fused-ring (bicyclic) bond motifs is 1. The van der Waals surface area contributed by atoms with Crippen LogP contribution in [0.5, 0.6) is 0 Å². The third-order valence-electron chi connectivity index (χ3n) is 3.58. The van der Waals surface area contributed by atoms with Crippen LogP contribution < -0.4 is 5.73 Å². The summed E-state index contributed by atoms with van der Waals surface area (Å²) < 4.78 is 5.24. The third kappa shape index (κ3) is 2.22. The monoisotopic (exact) mass is 259 g/mol. The average Bonchev–Trinajstić information content (AvgIpc) is 2.84. The lowest BCUT2D eigenvalue weighted by molar-refractivity contribution is -0.148.